The van der Waals surface area contributed by atoms with Crippen LogP contribution in [0.4, 0.5) is 17.6 Å². The summed E-state index contributed by atoms with van der Waals surface area (Å²) in [4.78, 5) is 24.7. The minimum atomic E-state index is -2.99. The highest BCUT2D eigenvalue weighted by molar-refractivity contribution is 7.91. The van der Waals surface area contributed by atoms with Gasteiger partial charge < -0.3 is 20.9 Å². The van der Waals surface area contributed by atoms with Gasteiger partial charge in [-0.05, 0) is 26.3 Å². The highest BCUT2D eigenvalue weighted by Gasteiger charge is 2.28. The van der Waals surface area contributed by atoms with Gasteiger partial charge in [0, 0.05) is 42.1 Å². The van der Waals surface area contributed by atoms with Gasteiger partial charge in [-0.2, -0.15) is 4.98 Å². The van der Waals surface area contributed by atoms with E-state index in [0.29, 0.717) is 35.0 Å². The maximum Gasteiger partial charge on any atom is 0.250 e. The van der Waals surface area contributed by atoms with Crippen LogP contribution in [0.25, 0.3) is 10.9 Å². The Morgan fingerprint density at radius 2 is 2.10 bits per heavy atom. The smallest absolute Gasteiger partial charge is 0.250 e. The topological polar surface area (TPSA) is 145 Å². The molecule has 4 N–H and O–H groups in total. The number of nitrogens with two attached hydrogens (primary N) is 1. The van der Waals surface area contributed by atoms with E-state index >= 15 is 0 Å². The molecule has 0 saturated carbocycles. The molecule has 30 heavy (non-hydrogen) atoms. The van der Waals surface area contributed by atoms with E-state index in [9.17, 15) is 13.2 Å². The summed E-state index contributed by atoms with van der Waals surface area (Å²) < 4.78 is 25.2. The van der Waals surface area contributed by atoms with E-state index < -0.39 is 15.7 Å². The van der Waals surface area contributed by atoms with Crippen molar-refractivity contribution in [2.45, 2.75) is 32.4 Å². The second-order valence-corrected chi connectivity index (χ2v) is 9.86. The number of pyridine rings is 1. The molecule has 1 atom stereocenters. The predicted octanol–water partition coefficient (Wildman–Crippen LogP) is 1.85. The summed E-state index contributed by atoms with van der Waals surface area (Å²) in [5.41, 5.74) is 6.76. The third-order valence-corrected chi connectivity index (χ3v) is 6.79. The molecule has 10 nitrogen and oxygen atoms in total. The number of anilines is 3. The highest BCUT2D eigenvalue weighted by atomic mass is 32.2. The van der Waals surface area contributed by atoms with Crippen molar-refractivity contribution in [1.82, 2.24) is 19.5 Å². The van der Waals surface area contributed by atoms with Gasteiger partial charge >= 0.3 is 0 Å². The molecule has 1 aliphatic rings. The molecule has 3 aromatic heterocycles. The molecule has 4 rings (SSSR count). The minimum Gasteiger partial charge on any atom is -0.366 e. The second kappa shape index (κ2) is 7.56. The molecule has 0 bridgehead atoms. The van der Waals surface area contributed by atoms with Crippen LogP contribution >= 0.6 is 0 Å². The molecule has 0 spiro atoms. The lowest BCUT2D eigenvalue weighted by Gasteiger charge is -2.12. The Bertz CT molecular complexity index is 1220. The number of nitrogens with one attached hydrogen (secondary N) is 2. The van der Waals surface area contributed by atoms with E-state index in [1.54, 1.807) is 24.7 Å². The number of amides is 1. The zero-order chi connectivity index (χ0) is 21.5. The number of fused-ring (bicyclic) bond motifs is 1. The lowest BCUT2D eigenvalue weighted by Crippen LogP contribution is -2.22. The molecule has 1 saturated heterocycles. The normalized spacial score (nSPS) is 18.0. The van der Waals surface area contributed by atoms with Gasteiger partial charge in [0.2, 0.25) is 5.95 Å². The molecule has 1 amide bonds. The van der Waals surface area contributed by atoms with Gasteiger partial charge in [-0.15, -0.1) is 0 Å². The Morgan fingerprint density at radius 3 is 2.77 bits per heavy atom. The Labute approximate surface area is 173 Å². The first-order valence-corrected chi connectivity index (χ1v) is 11.4. The Morgan fingerprint density at radius 1 is 1.30 bits per heavy atom. The Kier molecular flexibility index (Phi) is 5.06. The second-order valence-electron chi connectivity index (χ2n) is 7.63. The largest absolute Gasteiger partial charge is 0.366 e. The van der Waals surface area contributed by atoms with Crippen LogP contribution in [0.1, 0.15) is 36.7 Å². The van der Waals surface area contributed by atoms with Gasteiger partial charge in [0.25, 0.3) is 5.91 Å². The average molecular weight is 430 g/mol. The fraction of sp³-hybridized carbons (Fsp3) is 0.368. The third-order valence-electron chi connectivity index (χ3n) is 5.02. The van der Waals surface area contributed by atoms with Gasteiger partial charge in [0.05, 0.1) is 22.6 Å². The number of aromatic nitrogens is 4. The van der Waals surface area contributed by atoms with E-state index in [0.717, 1.165) is 5.52 Å². The Hall–Kier alpha value is -3.21. The average Bonchev–Trinajstić information content (AvgIpc) is 3.21. The highest BCUT2D eigenvalue weighted by Crippen LogP contribution is 2.27. The zero-order valence-electron chi connectivity index (χ0n) is 16.7. The fourth-order valence-electron chi connectivity index (χ4n) is 3.56. The van der Waals surface area contributed by atoms with Gasteiger partial charge in [-0.1, -0.05) is 0 Å². The van der Waals surface area contributed by atoms with E-state index in [1.807, 2.05) is 24.5 Å². The molecular weight excluding hydrogens is 406 g/mol. The number of hydrogen-bond acceptors (Lipinski definition) is 8. The van der Waals surface area contributed by atoms with Crippen molar-refractivity contribution in [1.29, 1.82) is 0 Å². The molecule has 11 heteroatoms. The first kappa shape index (κ1) is 20.1. The molecule has 0 radical (unpaired) electrons. The monoisotopic (exact) mass is 429 g/mol. The van der Waals surface area contributed by atoms with E-state index in [2.05, 4.69) is 25.6 Å². The molecule has 1 aliphatic heterocycles. The van der Waals surface area contributed by atoms with Crippen molar-refractivity contribution in [2.24, 2.45) is 5.73 Å². The lowest BCUT2D eigenvalue weighted by molar-refractivity contribution is 0.100. The first-order valence-electron chi connectivity index (χ1n) is 9.59. The summed E-state index contributed by atoms with van der Waals surface area (Å²) in [6.45, 7) is 4.03. The van der Waals surface area contributed by atoms with Crippen LogP contribution in [0.2, 0.25) is 0 Å². The van der Waals surface area contributed by atoms with Crippen molar-refractivity contribution >= 4 is 44.2 Å². The van der Waals surface area contributed by atoms with E-state index in [4.69, 9.17) is 5.73 Å². The number of sulfone groups is 1. The molecule has 4 heterocycles. The first-order chi connectivity index (χ1) is 14.2. The number of rotatable bonds is 6. The van der Waals surface area contributed by atoms with Crippen molar-refractivity contribution in [3.8, 4) is 0 Å². The number of carbonyl (C=O) groups is 1. The van der Waals surface area contributed by atoms with Crippen LogP contribution in [0.3, 0.4) is 0 Å². The summed E-state index contributed by atoms with van der Waals surface area (Å²) in [5, 5.41) is 6.90. The van der Waals surface area contributed by atoms with Crippen LogP contribution in [-0.4, -0.2) is 51.4 Å². The summed E-state index contributed by atoms with van der Waals surface area (Å²) in [6.07, 6.45) is 5.48. The SMILES string of the molecule is CC(C)n1cc(C(N)=O)c2cnc(Nc3ccnc(NC4CCS(=O)(=O)C4)n3)cc21. The lowest BCUT2D eigenvalue weighted by atomic mass is 10.2. The van der Waals surface area contributed by atoms with Crippen LogP contribution in [0, 0.1) is 0 Å². The number of carbonyl (C=O) groups excluding carboxylic acids is 1. The van der Waals surface area contributed by atoms with Crippen LogP contribution in [-0.2, 0) is 9.84 Å². The molecule has 1 unspecified atom stereocenters. The van der Waals surface area contributed by atoms with Crippen LogP contribution < -0.4 is 16.4 Å². The fourth-order valence-corrected chi connectivity index (χ4v) is 5.23. The van der Waals surface area contributed by atoms with Crippen LogP contribution in [0.15, 0.2) is 30.7 Å². The summed E-state index contributed by atoms with van der Waals surface area (Å²) >= 11 is 0. The zero-order valence-corrected chi connectivity index (χ0v) is 17.5. The third kappa shape index (κ3) is 4.06. The van der Waals surface area contributed by atoms with Gasteiger partial charge in [-0.3, -0.25) is 4.79 Å². The summed E-state index contributed by atoms with van der Waals surface area (Å²) in [5.74, 6) is 1.17. The quantitative estimate of drug-likeness (QED) is 0.538. The summed E-state index contributed by atoms with van der Waals surface area (Å²) in [7, 11) is -2.99. The molecule has 3 aromatic rings. The van der Waals surface area contributed by atoms with Gasteiger partial charge in [0.1, 0.15) is 11.6 Å². The van der Waals surface area contributed by atoms with Crippen molar-refractivity contribution in [3.63, 3.8) is 0 Å². The van der Waals surface area contributed by atoms with Crippen molar-refractivity contribution < 1.29 is 13.2 Å². The molecular formula is C19H23N7O3S. The van der Waals surface area contributed by atoms with Gasteiger partial charge in [0.15, 0.2) is 9.84 Å². The molecule has 158 valence electrons. The number of primary amides is 1. The number of nitrogens with zero attached hydrogens (tertiary/aromatic N) is 4. The predicted molar refractivity (Wildman–Crippen MR) is 115 cm³/mol. The molecule has 1 fully saturated rings. The van der Waals surface area contributed by atoms with Crippen LogP contribution in [0.5, 0.6) is 0 Å². The maximum absolute atomic E-state index is 11.8. The molecule has 0 aromatic carbocycles. The Balaban J connectivity index is 1.58. The van der Waals surface area contributed by atoms with E-state index in [-0.39, 0.29) is 23.6 Å². The summed E-state index contributed by atoms with van der Waals surface area (Å²) in [6, 6.07) is 3.47. The number of hydrogen-bond donors (Lipinski definition) is 3. The van der Waals surface area contributed by atoms with Crippen molar-refractivity contribution in [3.05, 3.63) is 36.3 Å². The minimum absolute atomic E-state index is 0.0840. The van der Waals surface area contributed by atoms with Gasteiger partial charge in [-0.25, -0.2) is 18.4 Å². The van der Waals surface area contributed by atoms with Crippen molar-refractivity contribution in [2.75, 3.05) is 22.1 Å². The molecule has 0 aliphatic carbocycles. The standard InChI is InChI=1S/C19H23N7O3S/c1-11(2)26-9-14(18(20)27)13-8-22-17(7-15(13)26)24-16-3-5-21-19(25-16)23-12-4-6-30(28,29)10-12/h3,5,7-9,11-12H,4,6,10H2,1-2H3,(H2,20,27)(H2,21,22,23,24,25). The maximum atomic E-state index is 11.8. The van der Waals surface area contributed by atoms with E-state index in [1.165, 1.54) is 0 Å².